The Morgan fingerprint density at radius 2 is 2.17 bits per heavy atom. The summed E-state index contributed by atoms with van der Waals surface area (Å²) in [5, 5.41) is 3.47. The highest BCUT2D eigenvalue weighted by Crippen LogP contribution is 2.23. The van der Waals surface area contributed by atoms with Crippen molar-refractivity contribution in [2.24, 2.45) is 5.92 Å². The Bertz CT molecular complexity index is 423. The van der Waals surface area contributed by atoms with Gasteiger partial charge in [0, 0.05) is 17.1 Å². The molecule has 0 radical (unpaired) electrons. The second-order valence-corrected chi connectivity index (χ2v) is 5.67. The maximum Gasteiger partial charge on any atom is 0.251 e. The Morgan fingerprint density at radius 3 is 2.67 bits per heavy atom. The standard InChI is InChI=1S/C13H17BrClNO2/c1-8(2)12(7-18-3)16-13(17)9-4-5-10(14)11(15)6-9/h4-6,8,12H,7H2,1-3H3,(H,16,17). The van der Waals surface area contributed by atoms with Gasteiger partial charge >= 0.3 is 0 Å². The van der Waals surface area contributed by atoms with Crippen LogP contribution in [0.1, 0.15) is 24.2 Å². The normalized spacial score (nSPS) is 12.6. The Labute approximate surface area is 121 Å². The molecule has 1 atom stereocenters. The van der Waals surface area contributed by atoms with Gasteiger partial charge in [-0.15, -0.1) is 0 Å². The minimum atomic E-state index is -0.139. The lowest BCUT2D eigenvalue weighted by atomic mass is 10.0. The van der Waals surface area contributed by atoms with E-state index in [-0.39, 0.29) is 11.9 Å². The number of amides is 1. The molecule has 0 saturated heterocycles. The molecule has 0 fully saturated rings. The number of methoxy groups -OCH3 is 1. The van der Waals surface area contributed by atoms with E-state index in [9.17, 15) is 4.79 Å². The highest BCUT2D eigenvalue weighted by Gasteiger charge is 2.17. The summed E-state index contributed by atoms with van der Waals surface area (Å²) in [5.41, 5.74) is 0.546. The minimum Gasteiger partial charge on any atom is -0.383 e. The molecule has 1 N–H and O–H groups in total. The molecule has 0 saturated carbocycles. The van der Waals surface area contributed by atoms with Gasteiger partial charge in [0.15, 0.2) is 0 Å². The van der Waals surface area contributed by atoms with E-state index in [0.717, 1.165) is 4.47 Å². The first-order valence-electron chi connectivity index (χ1n) is 5.70. The molecule has 0 aliphatic rings. The van der Waals surface area contributed by atoms with Gasteiger partial charge in [-0.1, -0.05) is 25.4 Å². The van der Waals surface area contributed by atoms with Crippen molar-refractivity contribution in [1.82, 2.24) is 5.32 Å². The van der Waals surface area contributed by atoms with Gasteiger partial charge in [0.25, 0.3) is 5.91 Å². The van der Waals surface area contributed by atoms with Crippen LogP contribution in [0.5, 0.6) is 0 Å². The largest absolute Gasteiger partial charge is 0.383 e. The van der Waals surface area contributed by atoms with Crippen LogP contribution in [0.25, 0.3) is 0 Å². The minimum absolute atomic E-state index is 0.00933. The lowest BCUT2D eigenvalue weighted by Gasteiger charge is -2.21. The third-order valence-corrected chi connectivity index (χ3v) is 3.88. The van der Waals surface area contributed by atoms with Crippen molar-refractivity contribution in [1.29, 1.82) is 0 Å². The summed E-state index contributed by atoms with van der Waals surface area (Å²) in [4.78, 5) is 12.1. The topological polar surface area (TPSA) is 38.3 Å². The first-order valence-corrected chi connectivity index (χ1v) is 6.87. The van der Waals surface area contributed by atoms with Gasteiger partial charge in [-0.05, 0) is 40.0 Å². The summed E-state index contributed by atoms with van der Waals surface area (Å²) in [7, 11) is 1.62. The molecule has 3 nitrogen and oxygen atoms in total. The molecule has 1 rings (SSSR count). The van der Waals surface area contributed by atoms with Crippen molar-refractivity contribution in [3.05, 3.63) is 33.3 Å². The summed E-state index contributed by atoms with van der Waals surface area (Å²) in [6, 6.07) is 5.13. The Balaban J connectivity index is 2.77. The Kier molecular flexibility index (Phi) is 6.12. The Hall–Kier alpha value is -0.580. The van der Waals surface area contributed by atoms with Gasteiger partial charge in [-0.3, -0.25) is 4.79 Å². The zero-order valence-electron chi connectivity index (χ0n) is 10.7. The fourth-order valence-corrected chi connectivity index (χ4v) is 1.90. The molecule has 0 aliphatic carbocycles. The van der Waals surface area contributed by atoms with Crippen molar-refractivity contribution in [2.45, 2.75) is 19.9 Å². The Morgan fingerprint density at radius 1 is 1.50 bits per heavy atom. The van der Waals surface area contributed by atoms with Gasteiger partial charge in [0.05, 0.1) is 17.7 Å². The van der Waals surface area contributed by atoms with Crippen LogP contribution in [0.4, 0.5) is 0 Å². The molecular weight excluding hydrogens is 318 g/mol. The smallest absolute Gasteiger partial charge is 0.251 e. The highest BCUT2D eigenvalue weighted by molar-refractivity contribution is 9.10. The number of halogens is 2. The molecule has 18 heavy (non-hydrogen) atoms. The average molecular weight is 335 g/mol. The summed E-state index contributed by atoms with van der Waals surface area (Å²) in [6.45, 7) is 4.57. The quantitative estimate of drug-likeness (QED) is 0.895. The predicted molar refractivity (Wildman–Crippen MR) is 77.1 cm³/mol. The van der Waals surface area contributed by atoms with E-state index >= 15 is 0 Å². The molecule has 1 unspecified atom stereocenters. The lowest BCUT2D eigenvalue weighted by molar-refractivity contribution is 0.0866. The van der Waals surface area contributed by atoms with E-state index in [4.69, 9.17) is 16.3 Å². The first-order chi connectivity index (χ1) is 8.45. The zero-order valence-corrected chi connectivity index (χ0v) is 13.0. The number of nitrogens with one attached hydrogen (secondary N) is 1. The number of carbonyl (C=O) groups is 1. The molecule has 0 aliphatic heterocycles. The lowest BCUT2D eigenvalue weighted by Crippen LogP contribution is -2.41. The molecule has 100 valence electrons. The van der Waals surface area contributed by atoms with Crippen LogP contribution in [0.2, 0.25) is 5.02 Å². The van der Waals surface area contributed by atoms with E-state index < -0.39 is 0 Å². The number of ether oxygens (including phenoxy) is 1. The van der Waals surface area contributed by atoms with Gasteiger partial charge in [-0.25, -0.2) is 0 Å². The second kappa shape index (κ2) is 7.12. The van der Waals surface area contributed by atoms with E-state index in [0.29, 0.717) is 23.1 Å². The van der Waals surface area contributed by atoms with Crippen LogP contribution in [0, 0.1) is 5.92 Å². The monoisotopic (exact) mass is 333 g/mol. The SMILES string of the molecule is COCC(NC(=O)c1ccc(Br)c(Cl)c1)C(C)C. The van der Waals surface area contributed by atoms with Crippen molar-refractivity contribution in [2.75, 3.05) is 13.7 Å². The summed E-state index contributed by atoms with van der Waals surface area (Å²) < 4.78 is 5.87. The first kappa shape index (κ1) is 15.5. The van der Waals surface area contributed by atoms with E-state index in [1.165, 1.54) is 0 Å². The molecule has 0 bridgehead atoms. The number of benzene rings is 1. The van der Waals surface area contributed by atoms with Gasteiger partial charge in [0.2, 0.25) is 0 Å². The van der Waals surface area contributed by atoms with Gasteiger partial charge < -0.3 is 10.1 Å². The molecule has 5 heteroatoms. The number of hydrogen-bond acceptors (Lipinski definition) is 2. The molecular formula is C13H17BrClNO2. The molecule has 0 heterocycles. The van der Waals surface area contributed by atoms with Crippen molar-refractivity contribution < 1.29 is 9.53 Å². The van der Waals surface area contributed by atoms with E-state index in [1.54, 1.807) is 25.3 Å². The van der Waals surface area contributed by atoms with Crippen LogP contribution in [-0.2, 0) is 4.74 Å². The summed E-state index contributed by atoms with van der Waals surface area (Å²) in [5.74, 6) is 0.167. The third kappa shape index (κ3) is 4.26. The fourth-order valence-electron chi connectivity index (χ4n) is 1.47. The third-order valence-electron chi connectivity index (χ3n) is 2.65. The molecule has 1 aromatic carbocycles. The highest BCUT2D eigenvalue weighted by atomic mass is 79.9. The number of rotatable bonds is 5. The molecule has 0 aromatic heterocycles. The van der Waals surface area contributed by atoms with Crippen LogP contribution >= 0.6 is 27.5 Å². The molecule has 1 amide bonds. The average Bonchev–Trinajstić information content (AvgIpc) is 2.31. The summed E-state index contributed by atoms with van der Waals surface area (Å²) >= 11 is 9.26. The molecule has 0 spiro atoms. The zero-order chi connectivity index (χ0) is 13.7. The van der Waals surface area contributed by atoms with Crippen molar-refractivity contribution in [3.63, 3.8) is 0 Å². The fraction of sp³-hybridized carbons (Fsp3) is 0.462. The van der Waals surface area contributed by atoms with Crippen molar-refractivity contribution in [3.8, 4) is 0 Å². The number of carbonyl (C=O) groups excluding carboxylic acids is 1. The molecule has 1 aromatic rings. The number of hydrogen-bond donors (Lipinski definition) is 1. The van der Waals surface area contributed by atoms with Crippen molar-refractivity contribution >= 4 is 33.4 Å². The predicted octanol–water partition coefficient (Wildman–Crippen LogP) is 3.50. The van der Waals surface area contributed by atoms with E-state index in [1.807, 2.05) is 13.8 Å². The maximum absolute atomic E-state index is 12.1. The van der Waals surface area contributed by atoms with E-state index in [2.05, 4.69) is 21.2 Å². The van der Waals surface area contributed by atoms with Gasteiger partial charge in [0.1, 0.15) is 0 Å². The van der Waals surface area contributed by atoms with Crippen LogP contribution < -0.4 is 5.32 Å². The maximum atomic E-state index is 12.1. The second-order valence-electron chi connectivity index (χ2n) is 4.41. The van der Waals surface area contributed by atoms with Crippen LogP contribution in [0.15, 0.2) is 22.7 Å². The van der Waals surface area contributed by atoms with Crippen LogP contribution in [0.3, 0.4) is 0 Å². The van der Waals surface area contributed by atoms with Crippen LogP contribution in [-0.4, -0.2) is 25.7 Å². The van der Waals surface area contributed by atoms with Gasteiger partial charge in [-0.2, -0.15) is 0 Å². The summed E-state index contributed by atoms with van der Waals surface area (Å²) in [6.07, 6.45) is 0.